The second-order valence-corrected chi connectivity index (χ2v) is 7.85. The van der Waals surface area contributed by atoms with Crippen LogP contribution in [0.4, 0.5) is 0 Å². The van der Waals surface area contributed by atoms with Gasteiger partial charge in [-0.1, -0.05) is 37.6 Å². The van der Waals surface area contributed by atoms with Gasteiger partial charge >= 0.3 is 0 Å². The molecule has 1 saturated carbocycles. The summed E-state index contributed by atoms with van der Waals surface area (Å²) >= 11 is 8.05. The molecule has 0 saturated heterocycles. The van der Waals surface area contributed by atoms with Crippen molar-refractivity contribution >= 4 is 23.4 Å². The highest BCUT2D eigenvalue weighted by Crippen LogP contribution is 2.37. The highest BCUT2D eigenvalue weighted by molar-refractivity contribution is 7.99. The molecule has 20 heavy (non-hydrogen) atoms. The van der Waals surface area contributed by atoms with Crippen LogP contribution >= 0.6 is 23.4 Å². The van der Waals surface area contributed by atoms with E-state index in [0.717, 1.165) is 27.9 Å². The summed E-state index contributed by atoms with van der Waals surface area (Å²) in [5, 5.41) is 5.07. The number of benzene rings is 1. The number of nitrogens with one attached hydrogen (secondary N) is 1. The van der Waals surface area contributed by atoms with E-state index in [9.17, 15) is 0 Å². The quantitative estimate of drug-likeness (QED) is 0.822. The van der Waals surface area contributed by atoms with Gasteiger partial charge in [-0.25, -0.2) is 0 Å². The lowest BCUT2D eigenvalue weighted by Crippen LogP contribution is -2.41. The van der Waals surface area contributed by atoms with E-state index in [-0.39, 0.29) is 0 Å². The average Bonchev–Trinajstić information content (AvgIpc) is 2.46. The minimum absolute atomic E-state index is 0.669. The zero-order valence-electron chi connectivity index (χ0n) is 12.7. The van der Waals surface area contributed by atoms with Crippen LogP contribution in [0.25, 0.3) is 0 Å². The Hall–Kier alpha value is -0.180. The molecule has 0 bridgehead atoms. The molecule has 1 aromatic rings. The Morgan fingerprint density at radius 2 is 1.95 bits per heavy atom. The molecular formula is C17H26ClNS. The van der Waals surface area contributed by atoms with Crippen LogP contribution in [-0.4, -0.2) is 18.3 Å². The van der Waals surface area contributed by atoms with Crippen LogP contribution in [0.1, 0.15) is 38.7 Å². The summed E-state index contributed by atoms with van der Waals surface area (Å²) in [6.07, 6.45) is 4.04. The summed E-state index contributed by atoms with van der Waals surface area (Å²) < 4.78 is 0. The first-order valence-electron chi connectivity index (χ1n) is 7.63. The molecule has 0 amide bonds. The number of rotatable bonds is 5. The van der Waals surface area contributed by atoms with Gasteiger partial charge in [0.1, 0.15) is 0 Å². The summed E-state index contributed by atoms with van der Waals surface area (Å²) in [6, 6.07) is 8.94. The molecule has 0 heterocycles. The van der Waals surface area contributed by atoms with Gasteiger partial charge in [-0.3, -0.25) is 0 Å². The van der Waals surface area contributed by atoms with Crippen molar-refractivity contribution in [3.8, 4) is 0 Å². The summed E-state index contributed by atoms with van der Waals surface area (Å²) in [5.41, 5.74) is 1.38. The van der Waals surface area contributed by atoms with Crippen molar-refractivity contribution < 1.29 is 0 Å². The van der Waals surface area contributed by atoms with E-state index in [1.165, 1.54) is 24.8 Å². The number of hydrogen-bond acceptors (Lipinski definition) is 2. The molecule has 1 aliphatic carbocycles. The standard InChI is InChI=1S/C17H26ClNS/c1-12(2)14-6-9-16(19-3)17(10-14)20-11-13-4-7-15(18)8-5-13/h4-5,7-8,12,14,16-17,19H,6,9-11H2,1-3H3. The van der Waals surface area contributed by atoms with Gasteiger partial charge in [-0.05, 0) is 55.8 Å². The van der Waals surface area contributed by atoms with Crippen LogP contribution in [0.5, 0.6) is 0 Å². The van der Waals surface area contributed by atoms with Gasteiger partial charge in [0.15, 0.2) is 0 Å². The number of hydrogen-bond donors (Lipinski definition) is 1. The third-order valence-corrected chi connectivity index (χ3v) is 6.22. The highest BCUT2D eigenvalue weighted by atomic mass is 35.5. The molecule has 0 radical (unpaired) electrons. The van der Waals surface area contributed by atoms with Crippen LogP contribution < -0.4 is 5.32 Å². The van der Waals surface area contributed by atoms with E-state index in [2.05, 4.69) is 50.1 Å². The Morgan fingerprint density at radius 3 is 2.55 bits per heavy atom. The first kappa shape index (κ1) is 16.2. The van der Waals surface area contributed by atoms with Crippen LogP contribution in [-0.2, 0) is 5.75 Å². The van der Waals surface area contributed by atoms with Gasteiger partial charge in [0.25, 0.3) is 0 Å². The molecule has 1 aliphatic rings. The number of thioether (sulfide) groups is 1. The second-order valence-electron chi connectivity index (χ2n) is 6.19. The minimum atomic E-state index is 0.669. The molecule has 2 rings (SSSR count). The first-order valence-corrected chi connectivity index (χ1v) is 9.06. The fourth-order valence-electron chi connectivity index (χ4n) is 3.06. The third-order valence-electron chi connectivity index (χ3n) is 4.52. The summed E-state index contributed by atoms with van der Waals surface area (Å²) in [4.78, 5) is 0. The normalized spacial score (nSPS) is 26.9. The predicted octanol–water partition coefficient (Wildman–Crippen LogP) is 4.99. The number of halogens is 1. The lowest BCUT2D eigenvalue weighted by atomic mass is 9.79. The summed E-state index contributed by atoms with van der Waals surface area (Å²) in [6.45, 7) is 4.73. The third kappa shape index (κ3) is 4.41. The molecule has 3 unspecified atom stereocenters. The lowest BCUT2D eigenvalue weighted by molar-refractivity contribution is 0.251. The molecular weight excluding hydrogens is 286 g/mol. The average molecular weight is 312 g/mol. The Labute approximate surface area is 132 Å². The Bertz CT molecular complexity index is 404. The van der Waals surface area contributed by atoms with Crippen molar-refractivity contribution in [2.24, 2.45) is 11.8 Å². The monoisotopic (exact) mass is 311 g/mol. The Morgan fingerprint density at radius 1 is 1.25 bits per heavy atom. The van der Waals surface area contributed by atoms with Crippen molar-refractivity contribution in [2.45, 2.75) is 50.2 Å². The maximum Gasteiger partial charge on any atom is 0.0406 e. The van der Waals surface area contributed by atoms with E-state index >= 15 is 0 Å². The van der Waals surface area contributed by atoms with Crippen LogP contribution in [0.2, 0.25) is 5.02 Å². The molecule has 1 fully saturated rings. The van der Waals surface area contributed by atoms with Gasteiger partial charge in [-0.15, -0.1) is 0 Å². The summed E-state index contributed by atoms with van der Waals surface area (Å²) in [5.74, 6) is 2.79. The van der Waals surface area contributed by atoms with Gasteiger partial charge in [0.2, 0.25) is 0 Å². The van der Waals surface area contributed by atoms with Crippen molar-refractivity contribution in [3.05, 3.63) is 34.9 Å². The fraction of sp³-hybridized carbons (Fsp3) is 0.647. The van der Waals surface area contributed by atoms with Crippen molar-refractivity contribution in [1.82, 2.24) is 5.32 Å². The molecule has 1 nitrogen and oxygen atoms in total. The molecule has 0 aromatic heterocycles. The predicted molar refractivity (Wildman–Crippen MR) is 91.6 cm³/mol. The van der Waals surface area contributed by atoms with Crippen molar-refractivity contribution in [1.29, 1.82) is 0 Å². The lowest BCUT2D eigenvalue weighted by Gasteiger charge is -2.37. The zero-order valence-corrected chi connectivity index (χ0v) is 14.3. The summed E-state index contributed by atoms with van der Waals surface area (Å²) in [7, 11) is 2.11. The minimum Gasteiger partial charge on any atom is -0.316 e. The fourth-order valence-corrected chi connectivity index (χ4v) is 4.68. The molecule has 3 atom stereocenters. The van der Waals surface area contributed by atoms with Crippen LogP contribution in [0, 0.1) is 11.8 Å². The maximum absolute atomic E-state index is 5.94. The van der Waals surface area contributed by atoms with E-state index in [1.54, 1.807) is 0 Å². The van der Waals surface area contributed by atoms with E-state index in [1.807, 2.05) is 12.1 Å². The molecule has 0 aliphatic heterocycles. The Balaban J connectivity index is 1.92. The molecule has 3 heteroatoms. The molecule has 1 N–H and O–H groups in total. The highest BCUT2D eigenvalue weighted by Gasteiger charge is 2.31. The first-order chi connectivity index (χ1) is 9.60. The second kappa shape index (κ2) is 7.72. The van der Waals surface area contributed by atoms with Gasteiger partial charge < -0.3 is 5.32 Å². The molecule has 1 aromatic carbocycles. The van der Waals surface area contributed by atoms with Crippen molar-refractivity contribution in [2.75, 3.05) is 7.05 Å². The largest absolute Gasteiger partial charge is 0.316 e. The molecule has 0 spiro atoms. The maximum atomic E-state index is 5.94. The Kier molecular flexibility index (Phi) is 6.25. The topological polar surface area (TPSA) is 12.0 Å². The van der Waals surface area contributed by atoms with E-state index < -0.39 is 0 Å². The van der Waals surface area contributed by atoms with Crippen molar-refractivity contribution in [3.63, 3.8) is 0 Å². The van der Waals surface area contributed by atoms with E-state index in [4.69, 9.17) is 11.6 Å². The SMILES string of the molecule is CNC1CCC(C(C)C)CC1SCc1ccc(Cl)cc1. The van der Waals surface area contributed by atoms with Gasteiger partial charge in [0, 0.05) is 22.1 Å². The van der Waals surface area contributed by atoms with Gasteiger partial charge in [0.05, 0.1) is 0 Å². The smallest absolute Gasteiger partial charge is 0.0406 e. The van der Waals surface area contributed by atoms with Gasteiger partial charge in [-0.2, -0.15) is 11.8 Å². The molecule has 112 valence electrons. The van der Waals surface area contributed by atoms with Crippen LogP contribution in [0.15, 0.2) is 24.3 Å². The van der Waals surface area contributed by atoms with E-state index in [0.29, 0.717) is 6.04 Å². The zero-order chi connectivity index (χ0) is 14.5. The van der Waals surface area contributed by atoms with Crippen LogP contribution in [0.3, 0.4) is 0 Å².